The first-order valence-electron chi connectivity index (χ1n) is 14.3. The second-order valence-electron chi connectivity index (χ2n) is 10.8. The van der Waals surface area contributed by atoms with E-state index in [2.05, 4.69) is 34.5 Å². The van der Waals surface area contributed by atoms with Crippen LogP contribution in [0.25, 0.3) is 10.9 Å². The smallest absolute Gasteiger partial charge is 0.331 e. The van der Waals surface area contributed by atoms with Crippen LogP contribution < -0.4 is 16.6 Å². The van der Waals surface area contributed by atoms with Gasteiger partial charge in [0, 0.05) is 38.6 Å². The van der Waals surface area contributed by atoms with Gasteiger partial charge >= 0.3 is 5.69 Å². The van der Waals surface area contributed by atoms with Crippen LogP contribution in [-0.2, 0) is 24.4 Å². The maximum absolute atomic E-state index is 13.5. The van der Waals surface area contributed by atoms with Gasteiger partial charge in [0.25, 0.3) is 5.56 Å². The van der Waals surface area contributed by atoms with E-state index in [0.29, 0.717) is 43.3 Å². The molecule has 0 bridgehead atoms. The lowest BCUT2D eigenvalue weighted by molar-refractivity contribution is -0.122. The molecule has 1 aromatic heterocycles. The Labute approximate surface area is 235 Å². The second kappa shape index (κ2) is 12.9. The zero-order valence-corrected chi connectivity index (χ0v) is 23.2. The minimum atomic E-state index is -0.307. The van der Waals surface area contributed by atoms with Crippen LogP contribution in [-0.4, -0.2) is 39.1 Å². The zero-order chi connectivity index (χ0) is 27.9. The predicted molar refractivity (Wildman–Crippen MR) is 159 cm³/mol. The van der Waals surface area contributed by atoms with E-state index in [-0.39, 0.29) is 23.2 Å². The number of rotatable bonds is 10. The Morgan fingerprint density at radius 3 is 2.30 bits per heavy atom. The van der Waals surface area contributed by atoms with Crippen LogP contribution in [0.4, 0.5) is 0 Å². The lowest BCUT2D eigenvalue weighted by Gasteiger charge is -2.32. The topological polar surface area (TPSA) is 76.3 Å². The molecule has 1 aliphatic rings. The zero-order valence-electron chi connectivity index (χ0n) is 23.2. The molecule has 1 N–H and O–H groups in total. The summed E-state index contributed by atoms with van der Waals surface area (Å²) >= 11 is 0. The van der Waals surface area contributed by atoms with E-state index >= 15 is 0 Å². The molecule has 0 saturated carbocycles. The van der Waals surface area contributed by atoms with Crippen molar-refractivity contribution in [1.82, 2.24) is 19.4 Å². The van der Waals surface area contributed by atoms with Gasteiger partial charge in [0.05, 0.1) is 17.4 Å². The molecule has 1 amide bonds. The SMILES string of the molecule is Cc1ccccc1Cn1c(=O)n(CCCCC(=O)NC2CCN(Cc3ccccc3)CC2)c(=O)c2ccccc21. The lowest BCUT2D eigenvalue weighted by Crippen LogP contribution is -2.44. The number of nitrogens with zero attached hydrogens (tertiary/aromatic N) is 3. The van der Waals surface area contributed by atoms with Gasteiger partial charge in [-0.15, -0.1) is 0 Å². The van der Waals surface area contributed by atoms with E-state index in [1.165, 1.54) is 10.1 Å². The van der Waals surface area contributed by atoms with E-state index < -0.39 is 0 Å². The third kappa shape index (κ3) is 6.59. The van der Waals surface area contributed by atoms with E-state index in [4.69, 9.17) is 0 Å². The van der Waals surface area contributed by atoms with Gasteiger partial charge in [-0.2, -0.15) is 0 Å². The maximum atomic E-state index is 13.5. The monoisotopic (exact) mass is 538 g/mol. The van der Waals surface area contributed by atoms with Crippen molar-refractivity contribution in [3.05, 3.63) is 116 Å². The van der Waals surface area contributed by atoms with Gasteiger partial charge in [0.1, 0.15) is 0 Å². The van der Waals surface area contributed by atoms with Gasteiger partial charge in [-0.3, -0.25) is 23.6 Å². The predicted octanol–water partition coefficient (Wildman–Crippen LogP) is 4.47. The molecule has 0 radical (unpaired) electrons. The number of likely N-dealkylation sites (tertiary alicyclic amines) is 1. The summed E-state index contributed by atoms with van der Waals surface area (Å²) in [5.41, 5.74) is 3.53. The summed E-state index contributed by atoms with van der Waals surface area (Å²) in [4.78, 5) is 41.8. The number of amides is 1. The molecule has 0 spiro atoms. The molecular formula is C33H38N4O3. The number of carbonyl (C=O) groups excluding carboxylic acids is 1. The van der Waals surface area contributed by atoms with E-state index in [9.17, 15) is 14.4 Å². The largest absolute Gasteiger partial charge is 0.353 e. The number of fused-ring (bicyclic) bond motifs is 1. The summed E-state index contributed by atoms with van der Waals surface area (Å²) in [6, 6.07) is 25.9. The van der Waals surface area contributed by atoms with Crippen molar-refractivity contribution in [2.45, 2.75) is 64.7 Å². The van der Waals surface area contributed by atoms with E-state index in [1.807, 2.05) is 55.5 Å². The number of benzene rings is 3. The number of nitrogens with one attached hydrogen (secondary N) is 1. The summed E-state index contributed by atoms with van der Waals surface area (Å²) in [5.74, 6) is 0.0457. The standard InChI is InChI=1S/C33H38N4O3/c1-25-11-5-6-14-27(25)24-37-30-16-8-7-15-29(30)32(39)36(33(37)40)20-10-9-17-31(38)34-28-18-21-35(22-19-28)23-26-12-3-2-4-13-26/h2-8,11-16,28H,9-10,17-24H2,1H3,(H,34,38). The Morgan fingerprint density at radius 1 is 0.825 bits per heavy atom. The van der Waals surface area contributed by atoms with Crippen molar-refractivity contribution in [2.75, 3.05) is 13.1 Å². The molecule has 1 fully saturated rings. The van der Waals surface area contributed by atoms with Gasteiger partial charge in [-0.1, -0.05) is 66.7 Å². The van der Waals surface area contributed by atoms with Crippen molar-refractivity contribution < 1.29 is 4.79 Å². The molecule has 1 aliphatic heterocycles. The highest BCUT2D eigenvalue weighted by atomic mass is 16.2. The summed E-state index contributed by atoms with van der Waals surface area (Å²) in [6.07, 6.45) is 3.50. The number of hydrogen-bond donors (Lipinski definition) is 1. The van der Waals surface area contributed by atoms with Crippen LogP contribution in [0.2, 0.25) is 0 Å². The number of carbonyl (C=O) groups is 1. The van der Waals surface area contributed by atoms with Crippen LogP contribution in [0, 0.1) is 6.92 Å². The molecule has 0 unspecified atom stereocenters. The molecular weight excluding hydrogens is 500 g/mol. The lowest BCUT2D eigenvalue weighted by atomic mass is 10.0. The molecule has 3 aromatic carbocycles. The quantitative estimate of drug-likeness (QED) is 0.302. The normalized spacial score (nSPS) is 14.4. The number of aryl methyl sites for hydroxylation is 1. The molecule has 208 valence electrons. The third-order valence-electron chi connectivity index (χ3n) is 7.96. The van der Waals surface area contributed by atoms with Crippen LogP contribution in [0.5, 0.6) is 0 Å². The minimum absolute atomic E-state index is 0.0457. The van der Waals surface area contributed by atoms with Crippen molar-refractivity contribution >= 4 is 16.8 Å². The molecule has 5 rings (SSSR count). The van der Waals surface area contributed by atoms with Crippen LogP contribution in [0.1, 0.15) is 48.8 Å². The average molecular weight is 539 g/mol. The van der Waals surface area contributed by atoms with Gasteiger partial charge in [-0.05, 0) is 61.4 Å². The Morgan fingerprint density at radius 2 is 1.52 bits per heavy atom. The maximum Gasteiger partial charge on any atom is 0.331 e. The number of unbranched alkanes of at least 4 members (excludes halogenated alkanes) is 1. The summed E-state index contributed by atoms with van der Waals surface area (Å²) in [7, 11) is 0. The fourth-order valence-corrected chi connectivity index (χ4v) is 5.61. The van der Waals surface area contributed by atoms with Gasteiger partial charge in [0.15, 0.2) is 0 Å². The molecule has 1 saturated heterocycles. The van der Waals surface area contributed by atoms with Crippen LogP contribution >= 0.6 is 0 Å². The fourth-order valence-electron chi connectivity index (χ4n) is 5.61. The first-order chi connectivity index (χ1) is 19.5. The third-order valence-corrected chi connectivity index (χ3v) is 7.96. The molecule has 7 heteroatoms. The summed E-state index contributed by atoms with van der Waals surface area (Å²) in [6.45, 7) is 5.61. The Hall–Kier alpha value is -3.97. The molecule has 7 nitrogen and oxygen atoms in total. The molecule has 0 aliphatic carbocycles. The fraction of sp³-hybridized carbons (Fsp3) is 0.364. The van der Waals surface area contributed by atoms with Crippen LogP contribution in [0.15, 0.2) is 88.5 Å². The van der Waals surface area contributed by atoms with E-state index in [0.717, 1.165) is 43.6 Å². The minimum Gasteiger partial charge on any atom is -0.353 e. The molecule has 40 heavy (non-hydrogen) atoms. The highest BCUT2D eigenvalue weighted by Gasteiger charge is 2.21. The Kier molecular flexibility index (Phi) is 8.91. The van der Waals surface area contributed by atoms with Gasteiger partial charge < -0.3 is 5.32 Å². The Balaban J connectivity index is 1.15. The van der Waals surface area contributed by atoms with Crippen molar-refractivity contribution in [1.29, 1.82) is 0 Å². The summed E-state index contributed by atoms with van der Waals surface area (Å²) in [5, 5.41) is 3.72. The first kappa shape index (κ1) is 27.6. The van der Waals surface area contributed by atoms with Crippen molar-refractivity contribution in [3.8, 4) is 0 Å². The van der Waals surface area contributed by atoms with Crippen molar-refractivity contribution in [2.24, 2.45) is 0 Å². The second-order valence-corrected chi connectivity index (χ2v) is 10.8. The number of hydrogen-bond acceptors (Lipinski definition) is 4. The molecule has 0 atom stereocenters. The first-order valence-corrected chi connectivity index (χ1v) is 14.3. The van der Waals surface area contributed by atoms with Crippen LogP contribution in [0.3, 0.4) is 0 Å². The highest BCUT2D eigenvalue weighted by Crippen LogP contribution is 2.15. The molecule has 4 aromatic rings. The van der Waals surface area contributed by atoms with E-state index in [1.54, 1.807) is 10.6 Å². The van der Waals surface area contributed by atoms with Gasteiger partial charge in [-0.25, -0.2) is 4.79 Å². The Bertz CT molecular complexity index is 1570. The highest BCUT2D eigenvalue weighted by molar-refractivity contribution is 5.78. The number of para-hydroxylation sites is 1. The number of aromatic nitrogens is 2. The van der Waals surface area contributed by atoms with Gasteiger partial charge in [0.2, 0.25) is 5.91 Å². The number of piperidine rings is 1. The average Bonchev–Trinajstić information content (AvgIpc) is 2.97. The summed E-state index contributed by atoms with van der Waals surface area (Å²) < 4.78 is 3.02. The van der Waals surface area contributed by atoms with Crippen molar-refractivity contribution in [3.63, 3.8) is 0 Å². The molecule has 2 heterocycles.